The summed E-state index contributed by atoms with van der Waals surface area (Å²) in [7, 11) is 0. The number of carbonyl (C=O) groups is 1. The molecular weight excluding hydrogens is 324 g/mol. The van der Waals surface area contributed by atoms with Crippen molar-refractivity contribution in [1.29, 1.82) is 0 Å². The van der Waals surface area contributed by atoms with Crippen LogP contribution in [-0.2, 0) is 0 Å². The predicted molar refractivity (Wildman–Crippen MR) is 82.3 cm³/mol. The third-order valence-electron chi connectivity index (χ3n) is 3.80. The van der Waals surface area contributed by atoms with Crippen LogP contribution in [-0.4, -0.2) is 17.2 Å². The summed E-state index contributed by atoms with van der Waals surface area (Å²) in [6.07, 6.45) is -1.14. The molecule has 2 aromatic carbocycles. The standard InChI is InChI=1S/C18H16F4O2/c1-9(6-10(2)19)16-12(4-3-5-13(16)18(23)24)11-7-14(20)17(22)15(21)8-11/h3-5,7-10H,6H2,1-2H3,(H,23,24). The van der Waals surface area contributed by atoms with Gasteiger partial charge in [0.1, 0.15) is 0 Å². The van der Waals surface area contributed by atoms with E-state index in [9.17, 15) is 27.5 Å². The highest BCUT2D eigenvalue weighted by Crippen LogP contribution is 2.36. The Labute approximate surface area is 136 Å². The average Bonchev–Trinajstić information content (AvgIpc) is 2.50. The van der Waals surface area contributed by atoms with E-state index in [0.29, 0.717) is 0 Å². The van der Waals surface area contributed by atoms with E-state index >= 15 is 0 Å². The summed E-state index contributed by atoms with van der Waals surface area (Å²) in [5.74, 6) is -6.08. The van der Waals surface area contributed by atoms with Crippen LogP contribution in [0.2, 0.25) is 0 Å². The number of aromatic carboxylic acids is 1. The van der Waals surface area contributed by atoms with Gasteiger partial charge in [-0.25, -0.2) is 22.4 Å². The Bertz CT molecular complexity index is 749. The molecule has 0 saturated heterocycles. The van der Waals surface area contributed by atoms with E-state index in [0.717, 1.165) is 12.1 Å². The highest BCUT2D eigenvalue weighted by atomic mass is 19.2. The van der Waals surface area contributed by atoms with E-state index in [-0.39, 0.29) is 28.7 Å². The van der Waals surface area contributed by atoms with Gasteiger partial charge in [-0.15, -0.1) is 0 Å². The molecule has 2 rings (SSSR count). The van der Waals surface area contributed by atoms with Crippen LogP contribution in [0.25, 0.3) is 11.1 Å². The first-order chi connectivity index (χ1) is 11.2. The van der Waals surface area contributed by atoms with Crippen LogP contribution in [0.4, 0.5) is 17.6 Å². The summed E-state index contributed by atoms with van der Waals surface area (Å²) in [6.45, 7) is 2.98. The van der Waals surface area contributed by atoms with E-state index in [1.54, 1.807) is 6.92 Å². The molecule has 2 nitrogen and oxygen atoms in total. The molecule has 0 amide bonds. The van der Waals surface area contributed by atoms with Crippen LogP contribution in [0.3, 0.4) is 0 Å². The molecule has 24 heavy (non-hydrogen) atoms. The maximum absolute atomic E-state index is 13.5. The van der Waals surface area contributed by atoms with Gasteiger partial charge >= 0.3 is 5.97 Å². The Hall–Kier alpha value is -2.37. The molecule has 128 valence electrons. The van der Waals surface area contributed by atoms with Gasteiger partial charge in [-0.1, -0.05) is 19.1 Å². The van der Waals surface area contributed by atoms with Crippen molar-refractivity contribution in [2.24, 2.45) is 0 Å². The van der Waals surface area contributed by atoms with E-state index in [1.807, 2.05) is 0 Å². The summed E-state index contributed by atoms with van der Waals surface area (Å²) >= 11 is 0. The summed E-state index contributed by atoms with van der Waals surface area (Å²) < 4.78 is 53.6. The minimum Gasteiger partial charge on any atom is -0.478 e. The Morgan fingerprint density at radius 3 is 2.21 bits per heavy atom. The fraction of sp³-hybridized carbons (Fsp3) is 0.278. The minimum atomic E-state index is -1.60. The Morgan fingerprint density at radius 2 is 1.71 bits per heavy atom. The molecule has 0 saturated carbocycles. The van der Waals surface area contributed by atoms with Crippen LogP contribution in [0.5, 0.6) is 0 Å². The van der Waals surface area contributed by atoms with Crippen molar-refractivity contribution in [3.63, 3.8) is 0 Å². The molecule has 0 fully saturated rings. The number of benzene rings is 2. The lowest BCUT2D eigenvalue weighted by Crippen LogP contribution is -2.10. The van der Waals surface area contributed by atoms with Crippen LogP contribution in [0.1, 0.15) is 42.1 Å². The Kier molecular flexibility index (Phi) is 5.26. The highest BCUT2D eigenvalue weighted by molar-refractivity contribution is 5.92. The lowest BCUT2D eigenvalue weighted by atomic mass is 9.85. The van der Waals surface area contributed by atoms with Crippen molar-refractivity contribution in [2.45, 2.75) is 32.4 Å². The Balaban J connectivity index is 2.70. The Morgan fingerprint density at radius 1 is 1.12 bits per heavy atom. The van der Waals surface area contributed by atoms with Gasteiger partial charge in [0, 0.05) is 0 Å². The first kappa shape index (κ1) is 18.0. The fourth-order valence-corrected chi connectivity index (χ4v) is 2.85. The summed E-state index contributed by atoms with van der Waals surface area (Å²) in [4.78, 5) is 11.5. The van der Waals surface area contributed by atoms with Crippen molar-refractivity contribution in [3.05, 3.63) is 58.9 Å². The average molecular weight is 340 g/mol. The third kappa shape index (κ3) is 3.58. The molecule has 1 N–H and O–H groups in total. The molecule has 0 radical (unpaired) electrons. The van der Waals surface area contributed by atoms with Crippen molar-refractivity contribution in [2.75, 3.05) is 0 Å². The molecular formula is C18H16F4O2. The predicted octanol–water partition coefficient (Wildman–Crippen LogP) is 5.32. The van der Waals surface area contributed by atoms with Crippen molar-refractivity contribution in [1.82, 2.24) is 0 Å². The second kappa shape index (κ2) is 7.03. The lowest BCUT2D eigenvalue weighted by molar-refractivity contribution is 0.0695. The molecule has 0 aliphatic rings. The number of halogens is 4. The number of hydrogen-bond acceptors (Lipinski definition) is 1. The second-order valence-corrected chi connectivity index (χ2v) is 5.74. The van der Waals surface area contributed by atoms with Gasteiger partial charge in [0.15, 0.2) is 17.5 Å². The number of hydrogen-bond donors (Lipinski definition) is 1. The minimum absolute atomic E-state index is 0.00265. The van der Waals surface area contributed by atoms with E-state index < -0.39 is 35.5 Å². The molecule has 0 spiro atoms. The number of alkyl halides is 1. The smallest absolute Gasteiger partial charge is 0.335 e. The monoisotopic (exact) mass is 340 g/mol. The molecule has 6 heteroatoms. The van der Waals surface area contributed by atoms with Crippen LogP contribution < -0.4 is 0 Å². The summed E-state index contributed by atoms with van der Waals surface area (Å²) in [5.41, 5.74) is 0.425. The lowest BCUT2D eigenvalue weighted by Gasteiger charge is -2.20. The topological polar surface area (TPSA) is 37.3 Å². The fourth-order valence-electron chi connectivity index (χ4n) is 2.85. The summed E-state index contributed by atoms with van der Waals surface area (Å²) in [5, 5.41) is 9.37. The molecule has 0 aliphatic carbocycles. The second-order valence-electron chi connectivity index (χ2n) is 5.74. The molecule has 2 atom stereocenters. The van der Waals surface area contributed by atoms with Crippen molar-refractivity contribution < 1.29 is 27.5 Å². The number of carboxylic acid groups (broad SMARTS) is 1. The van der Waals surface area contributed by atoms with Gasteiger partial charge in [-0.2, -0.15) is 0 Å². The van der Waals surface area contributed by atoms with Gasteiger partial charge in [-0.3, -0.25) is 0 Å². The zero-order chi connectivity index (χ0) is 18.0. The molecule has 0 aromatic heterocycles. The molecule has 0 aliphatic heterocycles. The molecule has 0 heterocycles. The number of carboxylic acids is 1. The van der Waals surface area contributed by atoms with E-state index in [1.165, 1.54) is 25.1 Å². The van der Waals surface area contributed by atoms with Crippen LogP contribution >= 0.6 is 0 Å². The van der Waals surface area contributed by atoms with Gasteiger partial charge in [-0.05, 0) is 54.2 Å². The third-order valence-corrected chi connectivity index (χ3v) is 3.80. The van der Waals surface area contributed by atoms with E-state index in [2.05, 4.69) is 0 Å². The highest BCUT2D eigenvalue weighted by Gasteiger charge is 2.23. The first-order valence-electron chi connectivity index (χ1n) is 7.37. The number of rotatable bonds is 5. The maximum Gasteiger partial charge on any atom is 0.335 e. The van der Waals surface area contributed by atoms with E-state index in [4.69, 9.17) is 0 Å². The molecule has 2 unspecified atom stereocenters. The SMILES string of the molecule is CC(F)CC(C)c1c(C(=O)O)cccc1-c1cc(F)c(F)c(F)c1. The largest absolute Gasteiger partial charge is 0.478 e. The summed E-state index contributed by atoms with van der Waals surface area (Å²) in [6, 6.07) is 5.85. The van der Waals surface area contributed by atoms with Crippen LogP contribution in [0, 0.1) is 17.5 Å². The van der Waals surface area contributed by atoms with Gasteiger partial charge in [0.2, 0.25) is 0 Å². The molecule has 0 bridgehead atoms. The maximum atomic E-state index is 13.5. The zero-order valence-electron chi connectivity index (χ0n) is 13.1. The van der Waals surface area contributed by atoms with Crippen LogP contribution in [0.15, 0.2) is 30.3 Å². The zero-order valence-corrected chi connectivity index (χ0v) is 13.1. The van der Waals surface area contributed by atoms with Crippen molar-refractivity contribution >= 4 is 5.97 Å². The molecule has 2 aromatic rings. The van der Waals surface area contributed by atoms with Crippen molar-refractivity contribution in [3.8, 4) is 11.1 Å². The van der Waals surface area contributed by atoms with Gasteiger partial charge in [0.25, 0.3) is 0 Å². The normalized spacial score (nSPS) is 13.6. The quantitative estimate of drug-likeness (QED) is 0.591. The van der Waals surface area contributed by atoms with Gasteiger partial charge in [0.05, 0.1) is 11.7 Å². The first-order valence-corrected chi connectivity index (χ1v) is 7.37. The van der Waals surface area contributed by atoms with Gasteiger partial charge < -0.3 is 5.11 Å².